The minimum Gasteiger partial charge on any atom is -0.363 e. The van der Waals surface area contributed by atoms with E-state index in [0.29, 0.717) is 19.5 Å². The Morgan fingerprint density at radius 2 is 2.07 bits per heavy atom. The van der Waals surface area contributed by atoms with E-state index in [1.807, 2.05) is 30.0 Å². The molecule has 1 aromatic heterocycles. The van der Waals surface area contributed by atoms with Crippen LogP contribution in [0.5, 0.6) is 0 Å². The highest BCUT2D eigenvalue weighted by atomic mass is 19.1. The molecule has 1 atom stereocenters. The van der Waals surface area contributed by atoms with Gasteiger partial charge in [-0.05, 0) is 30.0 Å². The van der Waals surface area contributed by atoms with Gasteiger partial charge in [0.2, 0.25) is 5.91 Å². The van der Waals surface area contributed by atoms with Gasteiger partial charge >= 0.3 is 0 Å². The van der Waals surface area contributed by atoms with E-state index in [1.54, 1.807) is 18.5 Å². The van der Waals surface area contributed by atoms with Crippen molar-refractivity contribution < 1.29 is 9.18 Å². The Labute approximate surface area is 159 Å². The van der Waals surface area contributed by atoms with Crippen LogP contribution in [0.2, 0.25) is 0 Å². The molecule has 1 saturated heterocycles. The Bertz CT molecular complexity index is 765. The molecule has 27 heavy (non-hydrogen) atoms. The number of carbonyl (C=O) groups is 1. The van der Waals surface area contributed by atoms with Crippen molar-refractivity contribution in [2.45, 2.75) is 12.8 Å². The van der Waals surface area contributed by atoms with E-state index in [9.17, 15) is 9.18 Å². The topological polar surface area (TPSA) is 61.4 Å². The van der Waals surface area contributed by atoms with Crippen molar-refractivity contribution in [3.05, 3.63) is 53.7 Å². The Kier molecular flexibility index (Phi) is 6.34. The Morgan fingerprint density at radius 3 is 2.81 bits per heavy atom. The number of amides is 1. The van der Waals surface area contributed by atoms with Gasteiger partial charge in [0, 0.05) is 52.0 Å². The van der Waals surface area contributed by atoms with Crippen molar-refractivity contribution in [2.75, 3.05) is 45.2 Å². The summed E-state index contributed by atoms with van der Waals surface area (Å²) in [6.45, 7) is 3.00. The summed E-state index contributed by atoms with van der Waals surface area (Å²) in [5, 5.41) is 3.41. The number of nitrogens with zero attached hydrogens (tertiary/aromatic N) is 4. The van der Waals surface area contributed by atoms with Crippen molar-refractivity contribution in [2.24, 2.45) is 5.92 Å². The van der Waals surface area contributed by atoms with E-state index in [4.69, 9.17) is 0 Å². The van der Waals surface area contributed by atoms with Crippen molar-refractivity contribution in [1.82, 2.24) is 20.2 Å². The molecule has 0 unspecified atom stereocenters. The number of rotatable bonds is 5. The molecule has 144 valence electrons. The average molecular weight is 371 g/mol. The van der Waals surface area contributed by atoms with Crippen molar-refractivity contribution in [3.63, 3.8) is 0 Å². The summed E-state index contributed by atoms with van der Waals surface area (Å²) in [4.78, 5) is 25.2. The van der Waals surface area contributed by atoms with Crippen LogP contribution in [0.4, 0.5) is 10.2 Å². The lowest BCUT2D eigenvalue weighted by Crippen LogP contribution is -2.37. The summed E-state index contributed by atoms with van der Waals surface area (Å²) in [6.07, 6.45) is 2.67. The minimum absolute atomic E-state index is 0.0759. The Hall–Kier alpha value is -2.54. The predicted octanol–water partition coefficient (Wildman–Crippen LogP) is 1.51. The van der Waals surface area contributed by atoms with Crippen LogP contribution < -0.4 is 10.2 Å². The first-order valence-corrected chi connectivity index (χ1v) is 9.22. The van der Waals surface area contributed by atoms with Crippen LogP contribution in [-0.2, 0) is 17.6 Å². The molecular formula is C20H26FN5O. The molecule has 1 aliphatic heterocycles. The van der Waals surface area contributed by atoms with Crippen LogP contribution in [0.3, 0.4) is 0 Å². The lowest BCUT2D eigenvalue weighted by atomic mass is 10.0. The SMILES string of the molecule is CN(C)c1cc(C[C@H]2CNCCN(C(=O)Cc3ccc(F)cc3)C2)ncn1. The quantitative estimate of drug-likeness (QED) is 0.863. The predicted molar refractivity (Wildman–Crippen MR) is 103 cm³/mol. The second kappa shape index (κ2) is 8.90. The van der Waals surface area contributed by atoms with E-state index >= 15 is 0 Å². The van der Waals surface area contributed by atoms with E-state index < -0.39 is 0 Å². The first-order valence-electron chi connectivity index (χ1n) is 9.22. The zero-order valence-electron chi connectivity index (χ0n) is 15.9. The van der Waals surface area contributed by atoms with Crippen LogP contribution in [-0.4, -0.2) is 61.0 Å². The van der Waals surface area contributed by atoms with Gasteiger partial charge in [-0.15, -0.1) is 0 Å². The van der Waals surface area contributed by atoms with Gasteiger partial charge in [0.15, 0.2) is 0 Å². The van der Waals surface area contributed by atoms with Gasteiger partial charge < -0.3 is 15.1 Å². The number of aromatic nitrogens is 2. The maximum atomic E-state index is 13.1. The van der Waals surface area contributed by atoms with E-state index in [2.05, 4.69) is 15.3 Å². The highest BCUT2D eigenvalue weighted by Gasteiger charge is 2.22. The molecule has 1 aliphatic rings. The molecule has 1 fully saturated rings. The fraction of sp³-hybridized carbons (Fsp3) is 0.450. The average Bonchev–Trinajstić information content (AvgIpc) is 2.89. The number of halogens is 1. The number of hydrogen-bond donors (Lipinski definition) is 1. The Morgan fingerprint density at radius 1 is 1.30 bits per heavy atom. The Balaban J connectivity index is 1.63. The zero-order chi connectivity index (χ0) is 19.2. The fourth-order valence-corrected chi connectivity index (χ4v) is 3.28. The van der Waals surface area contributed by atoms with Crippen molar-refractivity contribution >= 4 is 11.7 Å². The molecule has 0 bridgehead atoms. The molecule has 6 nitrogen and oxygen atoms in total. The van der Waals surface area contributed by atoms with Gasteiger partial charge in [-0.2, -0.15) is 0 Å². The summed E-state index contributed by atoms with van der Waals surface area (Å²) < 4.78 is 13.1. The molecule has 0 saturated carbocycles. The summed E-state index contributed by atoms with van der Waals surface area (Å²) in [6, 6.07) is 8.13. The zero-order valence-corrected chi connectivity index (χ0v) is 15.9. The van der Waals surface area contributed by atoms with E-state index in [1.165, 1.54) is 12.1 Å². The normalized spacial score (nSPS) is 17.4. The molecule has 1 N–H and O–H groups in total. The number of hydrogen-bond acceptors (Lipinski definition) is 5. The lowest BCUT2D eigenvalue weighted by molar-refractivity contribution is -0.130. The van der Waals surface area contributed by atoms with Gasteiger partial charge in [-0.1, -0.05) is 12.1 Å². The lowest BCUT2D eigenvalue weighted by Gasteiger charge is -2.24. The van der Waals surface area contributed by atoms with Gasteiger partial charge in [-0.3, -0.25) is 4.79 Å². The molecule has 0 aliphatic carbocycles. The highest BCUT2D eigenvalue weighted by molar-refractivity contribution is 5.78. The second-order valence-electron chi connectivity index (χ2n) is 7.18. The third-order valence-electron chi connectivity index (χ3n) is 4.76. The summed E-state index contributed by atoms with van der Waals surface area (Å²) in [5.41, 5.74) is 1.81. The molecule has 0 radical (unpaired) electrons. The minimum atomic E-state index is -0.285. The van der Waals surface area contributed by atoms with Crippen LogP contribution >= 0.6 is 0 Å². The number of anilines is 1. The maximum Gasteiger partial charge on any atom is 0.227 e. The number of benzene rings is 1. The fourth-order valence-electron chi connectivity index (χ4n) is 3.28. The van der Waals surface area contributed by atoms with Crippen LogP contribution in [0.1, 0.15) is 11.3 Å². The summed E-state index contributed by atoms with van der Waals surface area (Å²) in [5.74, 6) is 0.958. The molecule has 3 rings (SSSR count). The molecule has 2 heterocycles. The molecular weight excluding hydrogens is 345 g/mol. The second-order valence-corrected chi connectivity index (χ2v) is 7.18. The molecule has 0 spiro atoms. The molecule has 1 amide bonds. The number of nitrogens with one attached hydrogen (secondary N) is 1. The van der Waals surface area contributed by atoms with Crippen molar-refractivity contribution in [3.8, 4) is 0 Å². The van der Waals surface area contributed by atoms with Crippen molar-refractivity contribution in [1.29, 1.82) is 0 Å². The molecule has 1 aromatic carbocycles. The van der Waals surface area contributed by atoms with Gasteiger partial charge in [0.1, 0.15) is 18.0 Å². The van der Waals surface area contributed by atoms with Crippen LogP contribution in [0.25, 0.3) is 0 Å². The monoisotopic (exact) mass is 371 g/mol. The molecule has 2 aromatic rings. The maximum absolute atomic E-state index is 13.1. The molecule has 7 heteroatoms. The number of carbonyl (C=O) groups excluding carboxylic acids is 1. The van der Waals surface area contributed by atoms with Crippen LogP contribution in [0, 0.1) is 11.7 Å². The smallest absolute Gasteiger partial charge is 0.227 e. The first kappa shape index (κ1) is 19.2. The van der Waals surface area contributed by atoms with Gasteiger partial charge in [0.25, 0.3) is 0 Å². The largest absolute Gasteiger partial charge is 0.363 e. The summed E-state index contributed by atoms with van der Waals surface area (Å²) in [7, 11) is 3.91. The van der Waals surface area contributed by atoms with Gasteiger partial charge in [0.05, 0.1) is 6.42 Å². The van der Waals surface area contributed by atoms with E-state index in [-0.39, 0.29) is 17.6 Å². The third-order valence-corrected chi connectivity index (χ3v) is 4.76. The van der Waals surface area contributed by atoms with Crippen LogP contribution in [0.15, 0.2) is 36.7 Å². The van der Waals surface area contributed by atoms with E-state index in [0.717, 1.165) is 36.6 Å². The third kappa shape index (κ3) is 5.47. The first-order chi connectivity index (χ1) is 13.0. The highest BCUT2D eigenvalue weighted by Crippen LogP contribution is 2.15. The van der Waals surface area contributed by atoms with Gasteiger partial charge in [-0.25, -0.2) is 14.4 Å². The summed E-state index contributed by atoms with van der Waals surface area (Å²) >= 11 is 0. The standard InChI is InChI=1S/C20H26FN5O/c1-25(2)19-11-18(23-14-24-19)9-16-12-22-7-8-26(13-16)20(27)10-15-3-5-17(21)6-4-15/h3-6,11,14,16,22H,7-10,12-13H2,1-2H3/t16-/m0/s1.